The molecule has 3 aromatic carbocycles. The molecule has 3 atom stereocenters. The summed E-state index contributed by atoms with van der Waals surface area (Å²) in [5.74, 6) is -3.42. The number of ether oxygens (including phenoxy) is 3. The lowest BCUT2D eigenvalue weighted by atomic mass is 9.86. The van der Waals surface area contributed by atoms with Crippen LogP contribution in [0.2, 0.25) is 0 Å². The first-order chi connectivity index (χ1) is 35.6. The van der Waals surface area contributed by atoms with Gasteiger partial charge in [0, 0.05) is 61.2 Å². The second-order valence-corrected chi connectivity index (χ2v) is 18.3. The first-order valence-corrected chi connectivity index (χ1v) is 24.6. The summed E-state index contributed by atoms with van der Waals surface area (Å²) in [6.07, 6.45) is -0.584. The number of hydrogen-bond donors (Lipinski definition) is 6. The fourth-order valence-electron chi connectivity index (χ4n) is 9.40. The number of piperazine rings is 1. The van der Waals surface area contributed by atoms with Crippen molar-refractivity contribution in [1.29, 1.82) is 0 Å². The van der Waals surface area contributed by atoms with Gasteiger partial charge in [-0.05, 0) is 85.3 Å². The average Bonchev–Trinajstić information content (AvgIpc) is 3.79. The molecule has 21 nitrogen and oxygen atoms in total. The third kappa shape index (κ3) is 11.4. The monoisotopic (exact) mass is 1010 g/mol. The van der Waals surface area contributed by atoms with Gasteiger partial charge >= 0.3 is 24.1 Å². The summed E-state index contributed by atoms with van der Waals surface area (Å²) < 4.78 is 18.2. The molecule has 0 bridgehead atoms. The number of carbonyl (C=O) groups is 7. The van der Waals surface area contributed by atoms with Crippen molar-refractivity contribution in [3.63, 3.8) is 0 Å². The van der Waals surface area contributed by atoms with Gasteiger partial charge in [-0.15, -0.1) is 0 Å². The maximum absolute atomic E-state index is 13.7. The molecule has 0 unspecified atom stereocenters. The average molecular weight is 1020 g/mol. The number of aromatic nitrogens is 2. The van der Waals surface area contributed by atoms with Gasteiger partial charge < -0.3 is 60.5 Å². The molecule has 388 valence electrons. The Morgan fingerprint density at radius 2 is 1.55 bits per heavy atom. The highest BCUT2D eigenvalue weighted by molar-refractivity contribution is 5.98. The fraction of sp³-hybridized carbons (Fsp3) is 0.377. The minimum Gasteiger partial charge on any atom is -0.481 e. The zero-order chi connectivity index (χ0) is 52.7. The van der Waals surface area contributed by atoms with E-state index in [2.05, 4.69) is 16.0 Å². The Morgan fingerprint density at radius 1 is 0.838 bits per heavy atom. The van der Waals surface area contributed by atoms with Crippen molar-refractivity contribution in [2.75, 3.05) is 38.0 Å². The number of nitrogens with two attached hydrogens (primary N) is 1. The molecular formula is C53H58N8O13. The van der Waals surface area contributed by atoms with E-state index in [0.717, 1.165) is 22.1 Å². The molecule has 5 aromatic rings. The number of aliphatic hydroxyl groups is 1. The molecule has 0 aliphatic carbocycles. The number of cyclic esters (lactones) is 1. The molecule has 21 heteroatoms. The van der Waals surface area contributed by atoms with Crippen LogP contribution in [0, 0.1) is 0 Å². The molecule has 1 saturated heterocycles. The molecule has 2 aromatic heterocycles. The van der Waals surface area contributed by atoms with Crippen LogP contribution in [0.4, 0.5) is 15.3 Å². The molecule has 7 N–H and O–H groups in total. The van der Waals surface area contributed by atoms with Crippen molar-refractivity contribution >= 4 is 58.4 Å². The first kappa shape index (κ1) is 52.2. The quantitative estimate of drug-likeness (QED) is 0.0667. The Bertz CT molecular complexity index is 3050. The van der Waals surface area contributed by atoms with Gasteiger partial charge in [-0.25, -0.2) is 19.4 Å². The van der Waals surface area contributed by atoms with Crippen LogP contribution in [0.3, 0.4) is 0 Å². The van der Waals surface area contributed by atoms with Gasteiger partial charge in [0.15, 0.2) is 5.60 Å². The predicted molar refractivity (Wildman–Crippen MR) is 267 cm³/mol. The minimum absolute atomic E-state index is 0.0328. The van der Waals surface area contributed by atoms with Crippen LogP contribution in [0.15, 0.2) is 83.7 Å². The van der Waals surface area contributed by atoms with Crippen LogP contribution in [0.25, 0.3) is 22.3 Å². The molecule has 8 rings (SSSR count). The lowest BCUT2D eigenvalue weighted by Crippen LogP contribution is -2.53. The largest absolute Gasteiger partial charge is 0.481 e. The number of esters is 1. The number of carbonyl (C=O) groups excluding carboxylic acids is 6. The Hall–Kier alpha value is -8.17. The van der Waals surface area contributed by atoms with Crippen LogP contribution < -0.4 is 32.0 Å². The molecule has 3 aliphatic rings. The Labute approximate surface area is 424 Å². The predicted octanol–water partition coefficient (Wildman–Crippen LogP) is 3.85. The fourth-order valence-corrected chi connectivity index (χ4v) is 9.40. The van der Waals surface area contributed by atoms with Crippen LogP contribution >= 0.6 is 0 Å². The van der Waals surface area contributed by atoms with Crippen molar-refractivity contribution in [2.24, 2.45) is 5.73 Å². The zero-order valence-electron chi connectivity index (χ0n) is 41.0. The van der Waals surface area contributed by atoms with Crippen molar-refractivity contribution in [2.45, 2.75) is 96.2 Å². The highest BCUT2D eigenvalue weighted by Crippen LogP contribution is 2.41. The van der Waals surface area contributed by atoms with E-state index in [0.29, 0.717) is 46.7 Å². The molecule has 3 aliphatic heterocycles. The van der Waals surface area contributed by atoms with Gasteiger partial charge in [-0.3, -0.25) is 24.0 Å². The van der Waals surface area contributed by atoms with E-state index >= 15 is 0 Å². The number of benzene rings is 3. The highest BCUT2D eigenvalue weighted by Gasteiger charge is 2.45. The number of nitrogens with one attached hydrogen (secondary N) is 3. The number of aliphatic carboxylic acids is 1. The lowest BCUT2D eigenvalue weighted by molar-refractivity contribution is -0.172. The lowest BCUT2D eigenvalue weighted by Gasteiger charge is -2.33. The smallest absolute Gasteiger partial charge is 0.415 e. The molecule has 5 amide bonds. The minimum atomic E-state index is -1.94. The van der Waals surface area contributed by atoms with E-state index in [-0.39, 0.29) is 94.9 Å². The van der Waals surface area contributed by atoms with E-state index < -0.39 is 66.0 Å². The van der Waals surface area contributed by atoms with E-state index in [9.17, 15) is 43.5 Å². The maximum Gasteiger partial charge on any atom is 0.415 e. The second-order valence-electron chi connectivity index (χ2n) is 18.3. The van der Waals surface area contributed by atoms with Gasteiger partial charge in [-0.1, -0.05) is 56.3 Å². The molecule has 0 spiro atoms. The second kappa shape index (κ2) is 22.7. The van der Waals surface area contributed by atoms with E-state index in [1.807, 2.05) is 6.92 Å². The summed E-state index contributed by atoms with van der Waals surface area (Å²) in [5, 5.41) is 29.2. The van der Waals surface area contributed by atoms with Gasteiger partial charge in [-0.2, -0.15) is 0 Å². The zero-order valence-corrected chi connectivity index (χ0v) is 41.0. The molecule has 1 fully saturated rings. The van der Waals surface area contributed by atoms with E-state index in [1.54, 1.807) is 90.4 Å². The number of carboxylic acids is 1. The van der Waals surface area contributed by atoms with Crippen molar-refractivity contribution < 1.29 is 58.0 Å². The standard InChI is InChI=1S/C53H58N8O13/c1-3-35-36-26-34(16-17-40(36)57-46-37(35)28-61-43(46)27-39-38(49(61)67)30-72-50(68)53(39,71)4-2)74-52(70)60-23-21-59(22-24-60)51(69)73-29-32-12-14-33(15-13-32)55-47(65)41(11-8-20-54)58-48(66)42(25-31-9-6-5-7-10-31)56-44(62)18-19-45(63)64/h5-7,9-10,12-17,26-27,41-42,71H,3-4,8,11,18-25,28-30,54H2,1-2H3,(H,55,65)(H,56,62)(H,58,66)(H,63,64)/t41-,42-,53-/m0/s1. The van der Waals surface area contributed by atoms with Gasteiger partial charge in [0.25, 0.3) is 5.56 Å². The number of amides is 5. The number of hydrogen-bond acceptors (Lipinski definition) is 14. The van der Waals surface area contributed by atoms with Crippen molar-refractivity contribution in [3.8, 4) is 17.1 Å². The molecule has 74 heavy (non-hydrogen) atoms. The van der Waals surface area contributed by atoms with Crippen LogP contribution in [0.1, 0.15) is 79.3 Å². The molecular weight excluding hydrogens is 957 g/mol. The number of fused-ring (bicyclic) bond motifs is 5. The van der Waals surface area contributed by atoms with Crippen LogP contribution in [0.5, 0.6) is 5.75 Å². The van der Waals surface area contributed by atoms with E-state index in [4.69, 9.17) is 30.0 Å². The summed E-state index contributed by atoms with van der Waals surface area (Å²) in [6, 6.07) is 20.2. The number of carboxylic acid groups (broad SMARTS) is 1. The van der Waals surface area contributed by atoms with Crippen LogP contribution in [-0.2, 0) is 71.6 Å². The number of anilines is 1. The number of aryl methyl sites for hydroxylation is 1. The van der Waals surface area contributed by atoms with Crippen molar-refractivity contribution in [3.05, 3.63) is 123 Å². The summed E-state index contributed by atoms with van der Waals surface area (Å²) >= 11 is 0. The van der Waals surface area contributed by atoms with Gasteiger partial charge in [0.2, 0.25) is 17.7 Å². The molecule has 5 heterocycles. The Morgan fingerprint density at radius 3 is 2.23 bits per heavy atom. The summed E-state index contributed by atoms with van der Waals surface area (Å²) in [6.45, 7) is 4.58. The molecule has 0 radical (unpaired) electrons. The SMILES string of the molecule is CCc1c2c(nc3ccc(OC(=O)N4CCN(C(=O)OCc5ccc(NC(=O)[C@H](CCCN)NC(=O)[C@H](Cc6ccccc6)NC(=O)CCC(=O)O)cc5)CC4)cc13)-c1cc3c(c(=O)n1C2)COC(=O)[C@]3(O)CC. The third-order valence-electron chi connectivity index (χ3n) is 13.5. The maximum atomic E-state index is 13.7. The Kier molecular flexibility index (Phi) is 16.0. The topological polar surface area (TPSA) is 291 Å². The number of pyridine rings is 2. The van der Waals surface area contributed by atoms with E-state index in [1.165, 1.54) is 9.80 Å². The van der Waals surface area contributed by atoms with Crippen LogP contribution in [-0.4, -0.2) is 116 Å². The number of rotatable bonds is 18. The molecule has 0 saturated carbocycles. The Balaban J connectivity index is 0.827. The first-order valence-electron chi connectivity index (χ1n) is 24.6. The third-order valence-corrected chi connectivity index (χ3v) is 13.5. The van der Waals surface area contributed by atoms with Gasteiger partial charge in [0.05, 0.1) is 35.4 Å². The van der Waals surface area contributed by atoms with Crippen molar-refractivity contribution in [1.82, 2.24) is 30.0 Å². The summed E-state index contributed by atoms with van der Waals surface area (Å²) in [7, 11) is 0. The number of nitrogens with zero attached hydrogens (tertiary/aromatic N) is 4. The summed E-state index contributed by atoms with van der Waals surface area (Å²) in [5.41, 5.74) is 9.12. The normalized spacial score (nSPS) is 16.5. The van der Waals surface area contributed by atoms with Gasteiger partial charge in [0.1, 0.15) is 31.0 Å². The highest BCUT2D eigenvalue weighted by atomic mass is 16.6. The summed E-state index contributed by atoms with van der Waals surface area (Å²) in [4.78, 5) is 111.